The number of pyridine rings is 1. The molecule has 3 heterocycles. The lowest BCUT2D eigenvalue weighted by Gasteiger charge is -2.42. The SMILES string of the molecule is Cc1cc(C2NNC3CCC(C(=O)NN4CCCC(CO)(Oc5ccc(F)cc5)C4)CC32)ccn1. The van der Waals surface area contributed by atoms with Crippen molar-refractivity contribution in [3.8, 4) is 5.75 Å². The summed E-state index contributed by atoms with van der Waals surface area (Å²) in [6.07, 6.45) is 5.83. The number of benzene rings is 1. The van der Waals surface area contributed by atoms with Crippen LogP contribution in [0.1, 0.15) is 49.4 Å². The minimum Gasteiger partial charge on any atom is -0.483 e. The Kier molecular flexibility index (Phi) is 7.02. The van der Waals surface area contributed by atoms with Gasteiger partial charge in [0.1, 0.15) is 17.2 Å². The standard InChI is InChI=1S/C26H34FN5O3/c1-17-13-18(9-11-28-17)24-22-14-19(3-8-23(22)29-30-24)25(34)31-32-12-2-10-26(15-32,16-33)35-21-6-4-20(27)5-7-21/h4-7,9,11,13,19,22-24,29-30,33H,2-3,8,10,12,14-16H2,1H3,(H,31,34). The van der Waals surface area contributed by atoms with Gasteiger partial charge in [0, 0.05) is 30.4 Å². The molecule has 2 aliphatic heterocycles. The Morgan fingerprint density at radius 3 is 2.89 bits per heavy atom. The van der Waals surface area contributed by atoms with Crippen LogP contribution in [0, 0.1) is 24.6 Å². The molecule has 1 aromatic heterocycles. The number of hydrogen-bond acceptors (Lipinski definition) is 7. The predicted octanol–water partition coefficient (Wildman–Crippen LogP) is 2.40. The number of hydrazine groups is 2. The van der Waals surface area contributed by atoms with Crippen molar-refractivity contribution in [2.24, 2.45) is 11.8 Å². The van der Waals surface area contributed by atoms with Crippen molar-refractivity contribution < 1.29 is 19.0 Å². The maximum absolute atomic E-state index is 13.3. The van der Waals surface area contributed by atoms with E-state index in [2.05, 4.69) is 27.3 Å². The van der Waals surface area contributed by atoms with Crippen LogP contribution >= 0.6 is 0 Å². The van der Waals surface area contributed by atoms with Crippen LogP contribution in [-0.2, 0) is 4.79 Å². The Labute approximate surface area is 205 Å². The molecule has 8 nitrogen and oxygen atoms in total. The van der Waals surface area contributed by atoms with Crippen LogP contribution in [0.3, 0.4) is 0 Å². The number of aryl methyl sites for hydroxylation is 1. The van der Waals surface area contributed by atoms with E-state index in [4.69, 9.17) is 4.74 Å². The summed E-state index contributed by atoms with van der Waals surface area (Å²) in [7, 11) is 0. The Bertz CT molecular complexity index is 1040. The number of amides is 1. The highest BCUT2D eigenvalue weighted by Gasteiger charge is 2.44. The molecule has 5 rings (SSSR count). The van der Waals surface area contributed by atoms with Gasteiger partial charge in [-0.25, -0.2) is 14.8 Å². The summed E-state index contributed by atoms with van der Waals surface area (Å²) in [5.41, 5.74) is 11.3. The molecule has 2 saturated heterocycles. The van der Waals surface area contributed by atoms with Crippen molar-refractivity contribution in [1.82, 2.24) is 26.3 Å². The van der Waals surface area contributed by atoms with E-state index in [1.54, 1.807) is 12.1 Å². The number of aromatic nitrogens is 1. The summed E-state index contributed by atoms with van der Waals surface area (Å²) in [6.45, 7) is 2.87. The van der Waals surface area contributed by atoms with Gasteiger partial charge in [-0.05, 0) is 86.9 Å². The second-order valence-corrected chi connectivity index (χ2v) is 10.2. The van der Waals surface area contributed by atoms with Gasteiger partial charge in [-0.2, -0.15) is 0 Å². The van der Waals surface area contributed by atoms with Crippen molar-refractivity contribution in [2.45, 2.75) is 56.7 Å². The molecule has 5 atom stereocenters. The fourth-order valence-corrected chi connectivity index (χ4v) is 5.82. The topological polar surface area (TPSA) is 98.8 Å². The summed E-state index contributed by atoms with van der Waals surface area (Å²) >= 11 is 0. The quantitative estimate of drug-likeness (QED) is 0.501. The van der Waals surface area contributed by atoms with Gasteiger partial charge < -0.3 is 9.84 Å². The molecule has 1 aromatic carbocycles. The summed E-state index contributed by atoms with van der Waals surface area (Å²) in [4.78, 5) is 17.6. The first kappa shape index (κ1) is 24.1. The first-order valence-corrected chi connectivity index (χ1v) is 12.5. The van der Waals surface area contributed by atoms with Crippen molar-refractivity contribution >= 4 is 5.91 Å². The van der Waals surface area contributed by atoms with E-state index in [1.807, 2.05) is 24.2 Å². The highest BCUT2D eigenvalue weighted by molar-refractivity contribution is 5.78. The summed E-state index contributed by atoms with van der Waals surface area (Å²) in [6, 6.07) is 10.5. The van der Waals surface area contributed by atoms with Crippen LogP contribution in [0.15, 0.2) is 42.6 Å². The van der Waals surface area contributed by atoms with Crippen molar-refractivity contribution in [1.29, 1.82) is 0 Å². The van der Waals surface area contributed by atoms with Gasteiger partial charge in [0.25, 0.3) is 0 Å². The van der Waals surface area contributed by atoms with Gasteiger partial charge in [0.15, 0.2) is 0 Å². The fraction of sp³-hybridized carbons (Fsp3) is 0.538. The molecule has 9 heteroatoms. The number of piperidine rings is 1. The molecule has 188 valence electrons. The van der Waals surface area contributed by atoms with E-state index < -0.39 is 5.60 Å². The molecule has 35 heavy (non-hydrogen) atoms. The van der Waals surface area contributed by atoms with Crippen LogP contribution in [0.4, 0.5) is 4.39 Å². The van der Waals surface area contributed by atoms with E-state index in [0.29, 0.717) is 37.2 Å². The average Bonchev–Trinajstić information content (AvgIpc) is 3.29. The molecular weight excluding hydrogens is 449 g/mol. The van der Waals surface area contributed by atoms with Crippen molar-refractivity contribution in [2.75, 3.05) is 19.7 Å². The second kappa shape index (κ2) is 10.2. The Hall–Kier alpha value is -2.59. The number of carbonyl (C=O) groups excluding carboxylic acids is 1. The third-order valence-electron chi connectivity index (χ3n) is 7.65. The highest BCUT2D eigenvalue weighted by Crippen LogP contribution is 2.40. The number of nitrogens with one attached hydrogen (secondary N) is 3. The van der Waals surface area contributed by atoms with E-state index in [1.165, 1.54) is 17.7 Å². The zero-order valence-electron chi connectivity index (χ0n) is 20.0. The number of aliphatic hydroxyl groups is 1. The van der Waals surface area contributed by atoms with Crippen molar-refractivity contribution in [3.63, 3.8) is 0 Å². The normalized spacial score (nSPS) is 31.1. The van der Waals surface area contributed by atoms with Crippen molar-refractivity contribution in [3.05, 3.63) is 59.7 Å². The molecule has 2 aromatic rings. The molecule has 0 radical (unpaired) electrons. The summed E-state index contributed by atoms with van der Waals surface area (Å²) < 4.78 is 19.4. The van der Waals surface area contributed by atoms with Crippen LogP contribution in [0.25, 0.3) is 0 Å². The second-order valence-electron chi connectivity index (χ2n) is 10.2. The molecular formula is C26H34FN5O3. The maximum Gasteiger partial charge on any atom is 0.237 e. The zero-order valence-corrected chi connectivity index (χ0v) is 20.0. The number of halogens is 1. The van der Waals surface area contributed by atoms with E-state index in [0.717, 1.165) is 31.4 Å². The Balaban J connectivity index is 1.21. The lowest BCUT2D eigenvalue weighted by molar-refractivity contribution is -0.135. The molecule has 0 spiro atoms. The highest BCUT2D eigenvalue weighted by atomic mass is 19.1. The fourth-order valence-electron chi connectivity index (χ4n) is 5.82. The number of hydrogen-bond donors (Lipinski definition) is 4. The van der Waals surface area contributed by atoms with Gasteiger partial charge in [0.2, 0.25) is 5.91 Å². The molecule has 1 saturated carbocycles. The van der Waals surface area contributed by atoms with Gasteiger partial charge in [-0.15, -0.1) is 0 Å². The lowest BCUT2D eigenvalue weighted by Crippen LogP contribution is -2.59. The van der Waals surface area contributed by atoms with Crippen LogP contribution in [-0.4, -0.2) is 52.3 Å². The zero-order chi connectivity index (χ0) is 24.4. The Morgan fingerprint density at radius 1 is 1.29 bits per heavy atom. The van der Waals surface area contributed by atoms with Gasteiger partial charge in [-0.3, -0.25) is 20.6 Å². The first-order valence-electron chi connectivity index (χ1n) is 12.5. The number of carbonyl (C=O) groups is 1. The van der Waals surface area contributed by atoms with E-state index in [-0.39, 0.29) is 30.3 Å². The number of fused-ring (bicyclic) bond motifs is 1. The Morgan fingerprint density at radius 2 is 2.11 bits per heavy atom. The van der Waals surface area contributed by atoms with Crippen LogP contribution in [0.5, 0.6) is 5.75 Å². The molecule has 1 amide bonds. The number of nitrogens with zero attached hydrogens (tertiary/aromatic N) is 2. The van der Waals surface area contributed by atoms with E-state index in [9.17, 15) is 14.3 Å². The molecule has 1 aliphatic carbocycles. The molecule has 0 bridgehead atoms. The molecule has 5 unspecified atom stereocenters. The number of rotatable bonds is 6. The molecule has 3 fully saturated rings. The average molecular weight is 484 g/mol. The predicted molar refractivity (Wildman–Crippen MR) is 128 cm³/mol. The third kappa shape index (κ3) is 5.33. The van der Waals surface area contributed by atoms with Crippen LogP contribution < -0.4 is 21.0 Å². The minimum absolute atomic E-state index is 0.0236. The monoisotopic (exact) mass is 483 g/mol. The largest absolute Gasteiger partial charge is 0.483 e. The number of aliphatic hydroxyl groups excluding tert-OH is 1. The smallest absolute Gasteiger partial charge is 0.237 e. The van der Waals surface area contributed by atoms with Gasteiger partial charge in [-0.1, -0.05) is 0 Å². The maximum atomic E-state index is 13.3. The summed E-state index contributed by atoms with van der Waals surface area (Å²) in [5, 5.41) is 12.0. The third-order valence-corrected chi connectivity index (χ3v) is 7.65. The van der Waals surface area contributed by atoms with Gasteiger partial charge >= 0.3 is 0 Å². The van der Waals surface area contributed by atoms with Gasteiger partial charge in [0.05, 0.1) is 19.2 Å². The van der Waals surface area contributed by atoms with E-state index >= 15 is 0 Å². The first-order chi connectivity index (χ1) is 16.9. The van der Waals surface area contributed by atoms with Crippen LogP contribution in [0.2, 0.25) is 0 Å². The molecule has 4 N–H and O–H groups in total. The summed E-state index contributed by atoms with van der Waals surface area (Å²) in [5.74, 6) is 0.436. The molecule has 3 aliphatic rings. The number of ether oxygens (including phenoxy) is 1. The lowest BCUT2D eigenvalue weighted by atomic mass is 9.74. The minimum atomic E-state index is -0.843.